The molecule has 1 saturated heterocycles. The molecule has 2 unspecified atom stereocenters. The van der Waals surface area contributed by atoms with Crippen molar-refractivity contribution in [1.82, 2.24) is 15.1 Å². The highest BCUT2D eigenvalue weighted by Crippen LogP contribution is 2.45. The highest BCUT2D eigenvalue weighted by molar-refractivity contribution is 8.16. The van der Waals surface area contributed by atoms with Gasteiger partial charge in [0.15, 0.2) is 5.17 Å². The normalized spacial score (nSPS) is 22.7. The molecule has 3 aliphatic heterocycles. The highest BCUT2D eigenvalue weighted by Gasteiger charge is 2.41. The molecule has 1 aromatic rings. The fourth-order valence-electron chi connectivity index (χ4n) is 4.81. The zero-order valence-corrected chi connectivity index (χ0v) is 20.4. The van der Waals surface area contributed by atoms with Gasteiger partial charge in [-0.1, -0.05) is 49.0 Å². The van der Waals surface area contributed by atoms with Crippen LogP contribution in [-0.4, -0.2) is 60.1 Å². The molecule has 0 radical (unpaired) electrons. The molecular formula is C25H32N4O3S. The number of nitrogens with one attached hydrogen (secondary N) is 1. The molecule has 1 amide bonds. The second-order valence-electron chi connectivity index (χ2n) is 8.60. The molecular weight excluding hydrogens is 436 g/mol. The van der Waals surface area contributed by atoms with Crippen molar-refractivity contribution in [2.24, 2.45) is 4.99 Å². The number of ether oxygens (including phenoxy) is 1. The average Bonchev–Trinajstić information content (AvgIpc) is 3.43. The van der Waals surface area contributed by atoms with Crippen LogP contribution < -0.4 is 5.32 Å². The summed E-state index contributed by atoms with van der Waals surface area (Å²) in [4.78, 5) is 34.8. The van der Waals surface area contributed by atoms with Crippen molar-refractivity contribution in [2.45, 2.75) is 51.1 Å². The first-order chi connectivity index (χ1) is 16.0. The number of rotatable bonds is 8. The monoisotopic (exact) mass is 468 g/mol. The maximum atomic E-state index is 12.8. The summed E-state index contributed by atoms with van der Waals surface area (Å²) in [6, 6.07) is 10.1. The van der Waals surface area contributed by atoms with E-state index in [1.165, 1.54) is 31.7 Å². The molecule has 176 valence electrons. The zero-order chi connectivity index (χ0) is 23.4. The number of amidine groups is 1. The Hall–Kier alpha value is -2.58. The van der Waals surface area contributed by atoms with Crippen molar-refractivity contribution >= 4 is 28.8 Å². The van der Waals surface area contributed by atoms with Gasteiger partial charge in [-0.2, -0.15) is 0 Å². The van der Waals surface area contributed by atoms with Crippen molar-refractivity contribution in [3.8, 4) is 0 Å². The van der Waals surface area contributed by atoms with E-state index in [9.17, 15) is 9.59 Å². The van der Waals surface area contributed by atoms with Crippen molar-refractivity contribution in [2.75, 3.05) is 27.2 Å². The number of esters is 1. The second kappa shape index (κ2) is 10.6. The van der Waals surface area contributed by atoms with Crippen molar-refractivity contribution in [3.63, 3.8) is 0 Å². The Morgan fingerprint density at radius 1 is 1.27 bits per heavy atom. The first kappa shape index (κ1) is 23.6. The van der Waals surface area contributed by atoms with Crippen LogP contribution in [0.25, 0.3) is 0 Å². The molecule has 4 rings (SSSR count). The lowest BCUT2D eigenvalue weighted by molar-refractivity contribution is -0.136. The molecule has 1 aromatic carbocycles. The Balaban J connectivity index is 1.52. The summed E-state index contributed by atoms with van der Waals surface area (Å²) in [6.45, 7) is 3.80. The molecule has 0 aromatic heterocycles. The number of hydrogen-bond donors (Lipinski definition) is 1. The fraction of sp³-hybridized carbons (Fsp3) is 0.480. The number of likely N-dealkylation sites (tertiary alicyclic amines) is 1. The van der Waals surface area contributed by atoms with Crippen LogP contribution in [-0.2, 0) is 14.3 Å². The molecule has 3 aliphatic rings. The molecule has 0 saturated carbocycles. The Bertz CT molecular complexity index is 989. The van der Waals surface area contributed by atoms with E-state index in [4.69, 9.17) is 9.73 Å². The molecule has 3 heterocycles. The number of hydrogen-bond acceptors (Lipinski definition) is 7. The van der Waals surface area contributed by atoms with E-state index in [0.29, 0.717) is 24.6 Å². The number of thioether (sulfide) groups is 1. The van der Waals surface area contributed by atoms with Gasteiger partial charge in [0.2, 0.25) is 5.91 Å². The maximum Gasteiger partial charge on any atom is 0.338 e. The zero-order valence-electron chi connectivity index (χ0n) is 19.5. The largest absolute Gasteiger partial charge is 0.466 e. The number of nitrogens with zero attached hydrogens (tertiary/aromatic N) is 3. The van der Waals surface area contributed by atoms with Gasteiger partial charge in [0.25, 0.3) is 0 Å². The van der Waals surface area contributed by atoms with Gasteiger partial charge in [-0.25, -0.2) is 9.79 Å². The number of allylic oxidation sites excluding steroid dienone is 1. The van der Waals surface area contributed by atoms with Crippen LogP contribution in [0.3, 0.4) is 0 Å². The number of methoxy groups -OCH3 is 1. The minimum Gasteiger partial charge on any atom is -0.466 e. The number of carbonyl (C=O) groups is 2. The molecule has 1 fully saturated rings. The summed E-state index contributed by atoms with van der Waals surface area (Å²) >= 11 is 1.50. The van der Waals surface area contributed by atoms with Gasteiger partial charge in [-0.05, 0) is 50.2 Å². The number of aliphatic imine (C=N–C) groups is 1. The topological polar surface area (TPSA) is 74.2 Å². The third kappa shape index (κ3) is 5.01. The lowest BCUT2D eigenvalue weighted by Gasteiger charge is -2.36. The lowest BCUT2D eigenvalue weighted by Crippen LogP contribution is -2.38. The van der Waals surface area contributed by atoms with Gasteiger partial charge in [-0.15, -0.1) is 0 Å². The summed E-state index contributed by atoms with van der Waals surface area (Å²) < 4.78 is 5.15. The van der Waals surface area contributed by atoms with Crippen molar-refractivity contribution in [1.29, 1.82) is 0 Å². The number of benzene rings is 1. The number of amides is 1. The first-order valence-electron chi connectivity index (χ1n) is 11.6. The number of fused-ring (bicyclic) bond motifs is 1. The van der Waals surface area contributed by atoms with Crippen LogP contribution >= 0.6 is 11.8 Å². The number of carbonyl (C=O) groups excluding carboxylic acids is 2. The van der Waals surface area contributed by atoms with E-state index in [1.807, 2.05) is 47.6 Å². The Kier molecular flexibility index (Phi) is 7.55. The summed E-state index contributed by atoms with van der Waals surface area (Å²) in [5.41, 5.74) is 3.08. The molecule has 1 N–H and O–H groups in total. The Labute approximate surface area is 199 Å². The van der Waals surface area contributed by atoms with Crippen LogP contribution in [0, 0.1) is 0 Å². The standard InChI is InChI=1S/C25H32N4O3S/c1-4-20-22(24(31)32-3)23(17-9-6-5-7-10-17)29-19(16-33-25(29)27-20)15-21(30)26-13-12-18-11-8-14-28(18)2/h5-7,9-10,16,18,23H,4,8,11-15H2,1-3H3,(H,26,30). The van der Waals surface area contributed by atoms with Crippen LogP contribution in [0.5, 0.6) is 0 Å². The summed E-state index contributed by atoms with van der Waals surface area (Å²) in [5, 5.41) is 5.86. The van der Waals surface area contributed by atoms with E-state index in [0.717, 1.165) is 35.1 Å². The quantitative estimate of drug-likeness (QED) is 0.585. The van der Waals surface area contributed by atoms with E-state index < -0.39 is 0 Å². The van der Waals surface area contributed by atoms with Crippen molar-refractivity contribution in [3.05, 3.63) is 58.3 Å². The lowest BCUT2D eigenvalue weighted by atomic mass is 9.93. The predicted molar refractivity (Wildman–Crippen MR) is 131 cm³/mol. The average molecular weight is 469 g/mol. The molecule has 2 atom stereocenters. The molecule has 7 nitrogen and oxygen atoms in total. The molecule has 8 heteroatoms. The van der Waals surface area contributed by atoms with Gasteiger partial charge in [-0.3, -0.25) is 4.79 Å². The van der Waals surface area contributed by atoms with Gasteiger partial charge < -0.3 is 19.9 Å². The summed E-state index contributed by atoms with van der Waals surface area (Å²) in [6.07, 6.45) is 4.26. The third-order valence-electron chi connectivity index (χ3n) is 6.56. The van der Waals surface area contributed by atoms with E-state index in [-0.39, 0.29) is 24.3 Å². The Morgan fingerprint density at radius 3 is 2.73 bits per heavy atom. The van der Waals surface area contributed by atoms with Crippen LogP contribution in [0.4, 0.5) is 0 Å². The fourth-order valence-corrected chi connectivity index (χ4v) is 5.75. The minimum atomic E-state index is -0.384. The molecule has 0 spiro atoms. The SMILES string of the molecule is CCC1=C(C(=O)OC)C(c2ccccc2)N2C(CC(=O)NCCC3CCCN3C)=CSC2=N1. The van der Waals surface area contributed by atoms with Gasteiger partial charge >= 0.3 is 5.97 Å². The Morgan fingerprint density at radius 2 is 2.06 bits per heavy atom. The first-order valence-corrected chi connectivity index (χ1v) is 12.5. The van der Waals surface area contributed by atoms with Gasteiger partial charge in [0.05, 0.1) is 30.8 Å². The highest BCUT2D eigenvalue weighted by atomic mass is 32.2. The molecule has 0 aliphatic carbocycles. The van der Waals surface area contributed by atoms with E-state index >= 15 is 0 Å². The minimum absolute atomic E-state index is 0.0135. The third-order valence-corrected chi connectivity index (χ3v) is 7.45. The second-order valence-corrected chi connectivity index (χ2v) is 9.44. The molecule has 0 bridgehead atoms. The van der Waals surface area contributed by atoms with Crippen LogP contribution in [0.2, 0.25) is 0 Å². The van der Waals surface area contributed by atoms with Crippen LogP contribution in [0.1, 0.15) is 50.6 Å². The summed E-state index contributed by atoms with van der Waals surface area (Å²) in [7, 11) is 3.55. The predicted octanol–water partition coefficient (Wildman–Crippen LogP) is 3.82. The summed E-state index contributed by atoms with van der Waals surface area (Å²) in [5.74, 6) is -0.398. The van der Waals surface area contributed by atoms with E-state index in [1.54, 1.807) is 0 Å². The maximum absolute atomic E-state index is 12.8. The molecule has 33 heavy (non-hydrogen) atoms. The van der Waals surface area contributed by atoms with Crippen LogP contribution in [0.15, 0.2) is 57.7 Å². The smallest absolute Gasteiger partial charge is 0.338 e. The van der Waals surface area contributed by atoms with E-state index in [2.05, 4.69) is 17.3 Å². The van der Waals surface area contributed by atoms with Crippen molar-refractivity contribution < 1.29 is 14.3 Å². The van der Waals surface area contributed by atoms with Gasteiger partial charge in [0, 0.05) is 18.3 Å². The van der Waals surface area contributed by atoms with Gasteiger partial charge in [0.1, 0.15) is 0 Å².